The summed E-state index contributed by atoms with van der Waals surface area (Å²) in [7, 11) is 0. The van der Waals surface area contributed by atoms with Crippen LogP contribution in [0.1, 0.15) is 18.4 Å². The average Bonchev–Trinajstić information content (AvgIpc) is 2.47. The first-order valence-electron chi connectivity index (χ1n) is 6.87. The maximum atomic E-state index is 13.9. The van der Waals surface area contributed by atoms with Crippen LogP contribution < -0.4 is 0 Å². The van der Waals surface area contributed by atoms with Crippen molar-refractivity contribution < 1.29 is 23.8 Å². The van der Waals surface area contributed by atoms with Crippen molar-refractivity contribution in [3.63, 3.8) is 0 Å². The van der Waals surface area contributed by atoms with Crippen LogP contribution in [0.15, 0.2) is 30.3 Å². The summed E-state index contributed by atoms with van der Waals surface area (Å²) in [5.41, 5.74) is 0.864. The van der Waals surface area contributed by atoms with Crippen molar-refractivity contribution in [3.8, 4) is 0 Å². The largest absolute Gasteiger partial charge is 0.481 e. The molecule has 2 atom stereocenters. The molecule has 0 aromatic heterocycles. The van der Waals surface area contributed by atoms with Gasteiger partial charge in [-0.25, -0.2) is 9.18 Å². The highest BCUT2D eigenvalue weighted by atomic mass is 19.1. The molecule has 1 fully saturated rings. The molecule has 1 saturated heterocycles. The van der Waals surface area contributed by atoms with Gasteiger partial charge < -0.3 is 14.7 Å². The maximum absolute atomic E-state index is 13.9. The van der Waals surface area contributed by atoms with E-state index in [4.69, 9.17) is 9.84 Å². The molecular formula is C15H18FNO4. The molecule has 114 valence electrons. The summed E-state index contributed by atoms with van der Waals surface area (Å²) in [6, 6.07) is 9.23. The molecule has 0 radical (unpaired) electrons. The number of benzene rings is 1. The predicted molar refractivity (Wildman–Crippen MR) is 73.5 cm³/mol. The summed E-state index contributed by atoms with van der Waals surface area (Å²) in [4.78, 5) is 23.8. The number of rotatable bonds is 4. The second-order valence-electron chi connectivity index (χ2n) is 5.15. The van der Waals surface area contributed by atoms with E-state index < -0.39 is 24.2 Å². The van der Waals surface area contributed by atoms with E-state index in [1.807, 2.05) is 30.3 Å². The first-order chi connectivity index (χ1) is 10.1. The lowest BCUT2D eigenvalue weighted by molar-refractivity contribution is -0.139. The zero-order valence-corrected chi connectivity index (χ0v) is 11.6. The number of carboxylic acids is 1. The third kappa shape index (κ3) is 4.44. The minimum Gasteiger partial charge on any atom is -0.481 e. The normalized spacial score (nSPS) is 21.9. The van der Waals surface area contributed by atoms with Crippen molar-refractivity contribution in [2.45, 2.75) is 25.6 Å². The Balaban J connectivity index is 1.80. The number of amides is 1. The third-order valence-corrected chi connectivity index (χ3v) is 3.58. The molecule has 2 rings (SSSR count). The zero-order valence-electron chi connectivity index (χ0n) is 11.6. The van der Waals surface area contributed by atoms with Crippen molar-refractivity contribution in [3.05, 3.63) is 35.9 Å². The molecule has 2 unspecified atom stereocenters. The van der Waals surface area contributed by atoms with Gasteiger partial charge in [-0.05, 0) is 12.0 Å². The first kappa shape index (κ1) is 15.3. The van der Waals surface area contributed by atoms with Gasteiger partial charge in [-0.1, -0.05) is 30.3 Å². The van der Waals surface area contributed by atoms with Gasteiger partial charge in [0.15, 0.2) is 0 Å². The maximum Gasteiger partial charge on any atom is 0.410 e. The molecule has 1 heterocycles. The predicted octanol–water partition coefficient (Wildman–Crippen LogP) is 2.46. The van der Waals surface area contributed by atoms with Crippen LogP contribution in [0.5, 0.6) is 0 Å². The number of nitrogens with zero attached hydrogens (tertiary/aromatic N) is 1. The molecule has 1 N–H and O–H groups in total. The van der Waals surface area contributed by atoms with Crippen molar-refractivity contribution in [2.75, 3.05) is 13.1 Å². The van der Waals surface area contributed by atoms with Crippen molar-refractivity contribution in [1.29, 1.82) is 0 Å². The van der Waals surface area contributed by atoms with Crippen molar-refractivity contribution in [2.24, 2.45) is 5.92 Å². The second kappa shape index (κ2) is 7.06. The fourth-order valence-electron chi connectivity index (χ4n) is 2.38. The quantitative estimate of drug-likeness (QED) is 0.926. The van der Waals surface area contributed by atoms with E-state index in [1.54, 1.807) is 0 Å². The number of hydrogen-bond donors (Lipinski definition) is 1. The topological polar surface area (TPSA) is 66.8 Å². The molecule has 5 nitrogen and oxygen atoms in total. The Morgan fingerprint density at radius 1 is 1.33 bits per heavy atom. The highest BCUT2D eigenvalue weighted by Crippen LogP contribution is 2.24. The molecule has 0 aliphatic carbocycles. The zero-order chi connectivity index (χ0) is 15.2. The van der Waals surface area contributed by atoms with Crippen LogP contribution in [0.25, 0.3) is 0 Å². The number of carboxylic acid groups (broad SMARTS) is 1. The molecule has 6 heteroatoms. The van der Waals surface area contributed by atoms with Crippen molar-refractivity contribution >= 4 is 12.1 Å². The average molecular weight is 295 g/mol. The van der Waals surface area contributed by atoms with Crippen LogP contribution in [-0.4, -0.2) is 41.3 Å². The Bertz CT molecular complexity index is 494. The highest BCUT2D eigenvalue weighted by Gasteiger charge is 2.33. The SMILES string of the molecule is O=C(O)CC1CCN(C(=O)OCc2ccccc2)CC1F. The van der Waals surface area contributed by atoms with E-state index in [0.717, 1.165) is 5.56 Å². The summed E-state index contributed by atoms with van der Waals surface area (Å²) in [6.07, 6.45) is -1.74. The lowest BCUT2D eigenvalue weighted by Gasteiger charge is -2.33. The van der Waals surface area contributed by atoms with Gasteiger partial charge in [-0.3, -0.25) is 4.79 Å². The smallest absolute Gasteiger partial charge is 0.410 e. The third-order valence-electron chi connectivity index (χ3n) is 3.58. The molecule has 1 aromatic rings. The number of aliphatic carboxylic acids is 1. The molecule has 1 amide bonds. The Kier molecular flexibility index (Phi) is 5.14. The number of halogens is 1. The van der Waals surface area contributed by atoms with E-state index in [1.165, 1.54) is 4.90 Å². The van der Waals surface area contributed by atoms with Crippen LogP contribution >= 0.6 is 0 Å². The van der Waals surface area contributed by atoms with Gasteiger partial charge >= 0.3 is 12.1 Å². The fourth-order valence-corrected chi connectivity index (χ4v) is 2.38. The van der Waals surface area contributed by atoms with E-state index in [0.29, 0.717) is 13.0 Å². The lowest BCUT2D eigenvalue weighted by atomic mass is 9.92. The number of alkyl halides is 1. The molecule has 1 aliphatic rings. The van der Waals surface area contributed by atoms with Gasteiger partial charge in [-0.15, -0.1) is 0 Å². The number of likely N-dealkylation sites (tertiary alicyclic amines) is 1. The van der Waals surface area contributed by atoms with Crippen LogP contribution in [-0.2, 0) is 16.1 Å². The van der Waals surface area contributed by atoms with E-state index in [9.17, 15) is 14.0 Å². The molecule has 1 aromatic carbocycles. The number of piperidine rings is 1. The standard InChI is InChI=1S/C15H18FNO4/c16-13-9-17(7-6-12(13)8-14(18)19)15(20)21-10-11-4-2-1-3-5-11/h1-5,12-13H,6-10H2,(H,18,19). The van der Waals surface area contributed by atoms with Crippen molar-refractivity contribution in [1.82, 2.24) is 4.90 Å². The van der Waals surface area contributed by atoms with Gasteiger partial charge in [0.05, 0.1) is 13.0 Å². The Hall–Kier alpha value is -2.11. The lowest BCUT2D eigenvalue weighted by Crippen LogP contribution is -2.45. The molecule has 0 bridgehead atoms. The van der Waals surface area contributed by atoms with Gasteiger partial charge in [0, 0.05) is 12.5 Å². The monoisotopic (exact) mass is 295 g/mol. The van der Waals surface area contributed by atoms with Gasteiger partial charge in [0.2, 0.25) is 0 Å². The van der Waals surface area contributed by atoms with Gasteiger partial charge in [0.1, 0.15) is 12.8 Å². The Morgan fingerprint density at radius 2 is 2.05 bits per heavy atom. The minimum atomic E-state index is -1.32. The molecule has 1 aliphatic heterocycles. The van der Waals surface area contributed by atoms with E-state index in [-0.39, 0.29) is 19.6 Å². The van der Waals surface area contributed by atoms with Crippen LogP contribution in [0.4, 0.5) is 9.18 Å². The van der Waals surface area contributed by atoms with E-state index >= 15 is 0 Å². The Morgan fingerprint density at radius 3 is 2.67 bits per heavy atom. The molecular weight excluding hydrogens is 277 g/mol. The van der Waals surface area contributed by atoms with E-state index in [2.05, 4.69) is 0 Å². The number of carbonyl (C=O) groups excluding carboxylic acids is 1. The van der Waals surface area contributed by atoms with Crippen LogP contribution in [0.3, 0.4) is 0 Å². The second-order valence-corrected chi connectivity index (χ2v) is 5.15. The number of ether oxygens (including phenoxy) is 1. The molecule has 21 heavy (non-hydrogen) atoms. The van der Waals surface area contributed by atoms with Gasteiger partial charge in [-0.2, -0.15) is 0 Å². The number of carbonyl (C=O) groups is 2. The first-order valence-corrected chi connectivity index (χ1v) is 6.87. The van der Waals surface area contributed by atoms with Gasteiger partial charge in [0.25, 0.3) is 0 Å². The summed E-state index contributed by atoms with van der Waals surface area (Å²) in [6.45, 7) is 0.364. The summed E-state index contributed by atoms with van der Waals surface area (Å²) < 4.78 is 19.0. The molecule has 0 saturated carbocycles. The number of hydrogen-bond acceptors (Lipinski definition) is 3. The highest BCUT2D eigenvalue weighted by molar-refractivity contribution is 5.68. The fraction of sp³-hybridized carbons (Fsp3) is 0.467. The van der Waals surface area contributed by atoms with Crippen LogP contribution in [0.2, 0.25) is 0 Å². The minimum absolute atomic E-state index is 0.106. The summed E-state index contributed by atoms with van der Waals surface area (Å²) in [5.74, 6) is -1.54. The Labute approximate surface area is 122 Å². The summed E-state index contributed by atoms with van der Waals surface area (Å²) >= 11 is 0. The van der Waals surface area contributed by atoms with Crippen LogP contribution in [0, 0.1) is 5.92 Å². The summed E-state index contributed by atoms with van der Waals surface area (Å²) in [5, 5.41) is 8.70. The molecule has 0 spiro atoms.